The van der Waals surface area contributed by atoms with Crippen LogP contribution in [-0.2, 0) is 4.74 Å². The van der Waals surface area contributed by atoms with Gasteiger partial charge in [-0.25, -0.2) is 9.78 Å². The van der Waals surface area contributed by atoms with E-state index in [-0.39, 0.29) is 5.76 Å². The van der Waals surface area contributed by atoms with Crippen molar-refractivity contribution in [3.63, 3.8) is 0 Å². The molecular weight excluding hydrogens is 410 g/mol. The van der Waals surface area contributed by atoms with Crippen molar-refractivity contribution in [3.8, 4) is 0 Å². The van der Waals surface area contributed by atoms with Gasteiger partial charge in [-0.2, -0.15) is 0 Å². The number of nitrogens with one attached hydrogen (secondary N) is 1. The number of piperidine rings is 1. The van der Waals surface area contributed by atoms with Gasteiger partial charge in [-0.1, -0.05) is 0 Å². The highest BCUT2D eigenvalue weighted by Gasteiger charge is 2.19. The Kier molecular flexibility index (Phi) is 5.06. The second-order valence-electron chi connectivity index (χ2n) is 6.92. The molecule has 3 heterocycles. The van der Waals surface area contributed by atoms with Crippen molar-refractivity contribution in [2.24, 2.45) is 0 Å². The molecule has 6 nitrogen and oxygen atoms in total. The second kappa shape index (κ2) is 7.48. The number of halogens is 1. The van der Waals surface area contributed by atoms with Crippen molar-refractivity contribution >= 4 is 49.6 Å². The number of hydrogen-bond donors (Lipinski definition) is 1. The van der Waals surface area contributed by atoms with E-state index in [9.17, 15) is 4.79 Å². The standard InChI is InChI=1S/C20H22BrN3O3/c1-3-26-20(25)16-11-14-15(27-16)10-12-4-5-17(23-19(12)18(14)21)22-13-6-8-24(2)9-7-13/h4-5,10-11,13H,3,6-9H2,1-2H3,(H,22,23). The summed E-state index contributed by atoms with van der Waals surface area (Å²) in [4.78, 5) is 19.1. The zero-order valence-corrected chi connectivity index (χ0v) is 17.0. The normalized spacial score (nSPS) is 16.1. The predicted molar refractivity (Wildman–Crippen MR) is 109 cm³/mol. The summed E-state index contributed by atoms with van der Waals surface area (Å²) in [5, 5.41) is 5.32. The molecule has 0 saturated carbocycles. The summed E-state index contributed by atoms with van der Waals surface area (Å²) in [6.07, 6.45) is 2.22. The number of esters is 1. The van der Waals surface area contributed by atoms with Crippen molar-refractivity contribution in [2.75, 3.05) is 32.1 Å². The molecule has 1 aliphatic heterocycles. The van der Waals surface area contributed by atoms with E-state index in [0.717, 1.165) is 52.5 Å². The van der Waals surface area contributed by atoms with Crippen LogP contribution in [-0.4, -0.2) is 48.6 Å². The summed E-state index contributed by atoms with van der Waals surface area (Å²) in [5.41, 5.74) is 1.48. The number of pyridine rings is 1. The van der Waals surface area contributed by atoms with Crippen LogP contribution in [0, 0.1) is 0 Å². The summed E-state index contributed by atoms with van der Waals surface area (Å²) in [6.45, 7) is 4.28. The van der Waals surface area contributed by atoms with Gasteiger partial charge in [0, 0.05) is 22.9 Å². The van der Waals surface area contributed by atoms with Gasteiger partial charge >= 0.3 is 5.97 Å². The maximum atomic E-state index is 12.0. The molecule has 0 unspecified atom stereocenters. The Labute approximate surface area is 166 Å². The topological polar surface area (TPSA) is 67.6 Å². The maximum Gasteiger partial charge on any atom is 0.374 e. The van der Waals surface area contributed by atoms with E-state index >= 15 is 0 Å². The summed E-state index contributed by atoms with van der Waals surface area (Å²) in [7, 11) is 2.16. The van der Waals surface area contributed by atoms with Crippen LogP contribution in [0.1, 0.15) is 30.3 Å². The van der Waals surface area contributed by atoms with Crippen molar-refractivity contribution in [1.82, 2.24) is 9.88 Å². The molecule has 27 heavy (non-hydrogen) atoms. The predicted octanol–water partition coefficient (Wildman–Crippen LogP) is 4.43. The number of likely N-dealkylation sites (tertiary alicyclic amines) is 1. The number of anilines is 1. The number of nitrogens with zero attached hydrogens (tertiary/aromatic N) is 2. The first-order chi connectivity index (χ1) is 13.0. The molecule has 1 fully saturated rings. The largest absolute Gasteiger partial charge is 0.460 e. The number of carbonyl (C=O) groups is 1. The molecule has 7 heteroatoms. The molecule has 0 radical (unpaired) electrons. The third kappa shape index (κ3) is 3.66. The van der Waals surface area contributed by atoms with Gasteiger partial charge in [0.2, 0.25) is 5.76 Å². The van der Waals surface area contributed by atoms with E-state index in [1.165, 1.54) is 0 Å². The Morgan fingerprint density at radius 3 is 2.89 bits per heavy atom. The van der Waals surface area contributed by atoms with Crippen LogP contribution >= 0.6 is 15.9 Å². The van der Waals surface area contributed by atoms with E-state index in [1.54, 1.807) is 13.0 Å². The fraction of sp³-hybridized carbons (Fsp3) is 0.400. The van der Waals surface area contributed by atoms with E-state index in [4.69, 9.17) is 14.1 Å². The Balaban J connectivity index is 1.67. The minimum Gasteiger partial charge on any atom is -0.460 e. The lowest BCUT2D eigenvalue weighted by Gasteiger charge is -2.29. The molecule has 1 aliphatic rings. The first kappa shape index (κ1) is 18.3. The van der Waals surface area contributed by atoms with E-state index in [2.05, 4.69) is 33.2 Å². The Morgan fingerprint density at radius 2 is 2.15 bits per heavy atom. The quantitative estimate of drug-likeness (QED) is 0.616. The van der Waals surface area contributed by atoms with Gasteiger partial charge in [0.05, 0.1) is 16.6 Å². The highest BCUT2D eigenvalue weighted by atomic mass is 79.9. The Morgan fingerprint density at radius 1 is 1.37 bits per heavy atom. The van der Waals surface area contributed by atoms with Gasteiger partial charge in [0.25, 0.3) is 0 Å². The number of rotatable bonds is 4. The molecule has 1 N–H and O–H groups in total. The maximum absolute atomic E-state index is 12.0. The molecule has 0 bridgehead atoms. The lowest BCUT2D eigenvalue weighted by molar-refractivity contribution is 0.0492. The SMILES string of the molecule is CCOC(=O)c1cc2c(Br)c3nc(NC4CCN(C)CC4)ccc3cc2o1. The molecule has 2 aromatic heterocycles. The highest BCUT2D eigenvalue weighted by Crippen LogP contribution is 2.34. The van der Waals surface area contributed by atoms with Crippen LogP contribution < -0.4 is 5.32 Å². The lowest BCUT2D eigenvalue weighted by atomic mass is 10.1. The van der Waals surface area contributed by atoms with E-state index < -0.39 is 5.97 Å². The van der Waals surface area contributed by atoms with E-state index in [0.29, 0.717) is 18.2 Å². The number of furan rings is 1. The minimum absolute atomic E-state index is 0.201. The number of benzene rings is 1. The molecule has 4 rings (SSSR count). The fourth-order valence-electron chi connectivity index (χ4n) is 3.46. The minimum atomic E-state index is -0.456. The van der Waals surface area contributed by atoms with Crippen LogP contribution in [0.25, 0.3) is 21.9 Å². The summed E-state index contributed by atoms with van der Waals surface area (Å²) in [6, 6.07) is 8.07. The number of ether oxygens (including phenoxy) is 1. The van der Waals surface area contributed by atoms with Gasteiger partial charge in [-0.05, 0) is 74.0 Å². The smallest absolute Gasteiger partial charge is 0.374 e. The zero-order valence-electron chi connectivity index (χ0n) is 15.4. The van der Waals surface area contributed by atoms with Crippen LogP contribution in [0.5, 0.6) is 0 Å². The van der Waals surface area contributed by atoms with Crippen LogP contribution in [0.2, 0.25) is 0 Å². The molecule has 3 aromatic rings. The lowest BCUT2D eigenvalue weighted by Crippen LogP contribution is -2.36. The first-order valence-electron chi connectivity index (χ1n) is 9.20. The zero-order chi connectivity index (χ0) is 19.0. The molecule has 0 aliphatic carbocycles. The number of carbonyl (C=O) groups excluding carboxylic acids is 1. The van der Waals surface area contributed by atoms with Gasteiger partial charge in [0.15, 0.2) is 0 Å². The number of fused-ring (bicyclic) bond motifs is 2. The van der Waals surface area contributed by atoms with Crippen LogP contribution in [0.15, 0.2) is 33.2 Å². The van der Waals surface area contributed by atoms with E-state index in [1.807, 2.05) is 18.2 Å². The summed E-state index contributed by atoms with van der Waals surface area (Å²) >= 11 is 3.64. The molecule has 1 saturated heterocycles. The van der Waals surface area contributed by atoms with Crippen molar-refractivity contribution in [2.45, 2.75) is 25.8 Å². The number of aromatic nitrogens is 1. The number of hydrogen-bond acceptors (Lipinski definition) is 6. The van der Waals surface area contributed by atoms with Crippen LogP contribution in [0.4, 0.5) is 5.82 Å². The molecule has 1 aromatic carbocycles. The van der Waals surface area contributed by atoms with Crippen molar-refractivity contribution < 1.29 is 13.9 Å². The second-order valence-corrected chi connectivity index (χ2v) is 7.72. The van der Waals surface area contributed by atoms with Gasteiger partial charge in [-0.3, -0.25) is 0 Å². The van der Waals surface area contributed by atoms with Crippen LogP contribution in [0.3, 0.4) is 0 Å². The molecule has 0 spiro atoms. The summed E-state index contributed by atoms with van der Waals surface area (Å²) < 4.78 is 11.5. The Hall–Kier alpha value is -2.12. The molecular formula is C20H22BrN3O3. The van der Waals surface area contributed by atoms with Crippen molar-refractivity contribution in [3.05, 3.63) is 34.5 Å². The average Bonchev–Trinajstić information content (AvgIpc) is 3.09. The fourth-order valence-corrected chi connectivity index (χ4v) is 4.09. The Bertz CT molecular complexity index is 993. The first-order valence-corrected chi connectivity index (χ1v) is 9.99. The van der Waals surface area contributed by atoms with Gasteiger partial charge in [0.1, 0.15) is 11.4 Å². The van der Waals surface area contributed by atoms with Gasteiger partial charge < -0.3 is 19.4 Å². The molecule has 142 valence electrons. The third-order valence-electron chi connectivity index (χ3n) is 4.97. The summed E-state index contributed by atoms with van der Waals surface area (Å²) in [5.74, 6) is 0.612. The molecule has 0 atom stereocenters. The van der Waals surface area contributed by atoms with Crippen molar-refractivity contribution in [1.29, 1.82) is 0 Å². The average molecular weight is 432 g/mol. The molecule has 0 amide bonds. The highest BCUT2D eigenvalue weighted by molar-refractivity contribution is 9.10. The third-order valence-corrected chi connectivity index (χ3v) is 5.77. The monoisotopic (exact) mass is 431 g/mol. The van der Waals surface area contributed by atoms with Gasteiger partial charge in [-0.15, -0.1) is 0 Å².